The Morgan fingerprint density at radius 2 is 2.14 bits per heavy atom. The molecule has 21 heavy (non-hydrogen) atoms. The van der Waals surface area contributed by atoms with Gasteiger partial charge < -0.3 is 9.47 Å². The van der Waals surface area contributed by atoms with Crippen molar-refractivity contribution in [1.82, 2.24) is 14.5 Å². The van der Waals surface area contributed by atoms with Crippen LogP contribution in [0.5, 0.6) is 0 Å². The Bertz CT molecular complexity index is 778. The first-order valence-corrected chi connectivity index (χ1v) is 7.95. The maximum Gasteiger partial charge on any atom is 0.263 e. The Morgan fingerprint density at radius 3 is 3.00 bits per heavy atom. The van der Waals surface area contributed by atoms with Gasteiger partial charge in [0.15, 0.2) is 0 Å². The Balaban J connectivity index is 1.58. The summed E-state index contributed by atoms with van der Waals surface area (Å²) in [4.78, 5) is 19.6. The summed E-state index contributed by atoms with van der Waals surface area (Å²) >= 11 is 1.51. The molecule has 0 bridgehead atoms. The van der Waals surface area contributed by atoms with E-state index in [2.05, 4.69) is 15.6 Å². The van der Waals surface area contributed by atoms with Crippen molar-refractivity contribution >= 4 is 28.3 Å². The summed E-state index contributed by atoms with van der Waals surface area (Å²) in [5.74, 6) is 0.150. The van der Waals surface area contributed by atoms with Crippen LogP contribution in [0.3, 0.4) is 0 Å². The van der Waals surface area contributed by atoms with Gasteiger partial charge in [-0.05, 0) is 30.0 Å². The molecule has 1 aliphatic heterocycles. The van der Waals surface area contributed by atoms with E-state index in [9.17, 15) is 4.79 Å². The van der Waals surface area contributed by atoms with Crippen LogP contribution in [0.2, 0.25) is 0 Å². The standard InChI is InChI=1S/C16H15N3OS/c20-16(15-6-3-9-21-15)18-8-7-12(10-18)19-11-17-13-4-1-2-5-14(13)19/h1-6,9,11-12H,7-8,10H2. The Kier molecular flexibility index (Phi) is 3.00. The molecule has 1 atom stereocenters. The highest BCUT2D eigenvalue weighted by molar-refractivity contribution is 7.12. The van der Waals surface area contributed by atoms with Crippen LogP contribution in [0, 0.1) is 0 Å². The first-order chi connectivity index (χ1) is 10.3. The molecule has 0 aliphatic carbocycles. The van der Waals surface area contributed by atoms with E-state index in [1.807, 2.05) is 46.9 Å². The second-order valence-corrected chi connectivity index (χ2v) is 6.26. The normalized spacial score (nSPS) is 18.5. The highest BCUT2D eigenvalue weighted by Crippen LogP contribution is 2.27. The van der Waals surface area contributed by atoms with E-state index in [-0.39, 0.29) is 5.91 Å². The lowest BCUT2D eigenvalue weighted by atomic mass is 10.2. The molecule has 3 heterocycles. The number of nitrogens with zero attached hydrogens (tertiary/aromatic N) is 3. The van der Waals surface area contributed by atoms with Crippen LogP contribution in [-0.4, -0.2) is 33.4 Å². The number of likely N-dealkylation sites (tertiary alicyclic amines) is 1. The van der Waals surface area contributed by atoms with Crippen LogP contribution >= 0.6 is 11.3 Å². The molecular formula is C16H15N3OS. The van der Waals surface area contributed by atoms with Crippen LogP contribution in [-0.2, 0) is 0 Å². The number of carbonyl (C=O) groups is 1. The molecule has 3 aromatic rings. The molecule has 1 amide bonds. The highest BCUT2D eigenvalue weighted by atomic mass is 32.1. The quantitative estimate of drug-likeness (QED) is 0.728. The van der Waals surface area contributed by atoms with Gasteiger partial charge in [0, 0.05) is 13.1 Å². The average molecular weight is 297 g/mol. The molecule has 0 saturated carbocycles. The minimum atomic E-state index is 0.150. The lowest BCUT2D eigenvalue weighted by Gasteiger charge is -2.16. The van der Waals surface area contributed by atoms with Gasteiger partial charge in [0.05, 0.1) is 28.3 Å². The first-order valence-electron chi connectivity index (χ1n) is 7.07. The largest absolute Gasteiger partial charge is 0.336 e. The van der Waals surface area contributed by atoms with Gasteiger partial charge in [0.1, 0.15) is 0 Å². The zero-order chi connectivity index (χ0) is 14.2. The van der Waals surface area contributed by atoms with Crippen molar-refractivity contribution in [3.63, 3.8) is 0 Å². The molecule has 0 N–H and O–H groups in total. The molecule has 1 aliphatic rings. The van der Waals surface area contributed by atoms with Crippen molar-refractivity contribution < 1.29 is 4.79 Å². The lowest BCUT2D eigenvalue weighted by molar-refractivity contribution is 0.0792. The number of hydrogen-bond acceptors (Lipinski definition) is 3. The van der Waals surface area contributed by atoms with E-state index in [1.54, 1.807) is 0 Å². The van der Waals surface area contributed by atoms with E-state index in [0.717, 1.165) is 35.4 Å². The number of hydrogen-bond donors (Lipinski definition) is 0. The second-order valence-electron chi connectivity index (χ2n) is 5.31. The van der Waals surface area contributed by atoms with Crippen LogP contribution in [0.4, 0.5) is 0 Å². The molecule has 106 valence electrons. The minimum Gasteiger partial charge on any atom is -0.336 e. The van der Waals surface area contributed by atoms with Crippen molar-refractivity contribution in [3.8, 4) is 0 Å². The van der Waals surface area contributed by atoms with Crippen LogP contribution < -0.4 is 0 Å². The maximum absolute atomic E-state index is 12.4. The van der Waals surface area contributed by atoms with Crippen molar-refractivity contribution in [2.75, 3.05) is 13.1 Å². The van der Waals surface area contributed by atoms with Crippen molar-refractivity contribution in [2.45, 2.75) is 12.5 Å². The Labute approximate surface area is 126 Å². The van der Waals surface area contributed by atoms with E-state index < -0.39 is 0 Å². The molecular weight excluding hydrogens is 282 g/mol. The third kappa shape index (κ3) is 2.14. The monoisotopic (exact) mass is 297 g/mol. The van der Waals surface area contributed by atoms with Gasteiger partial charge in [-0.1, -0.05) is 18.2 Å². The third-order valence-corrected chi connectivity index (χ3v) is 4.91. The summed E-state index contributed by atoms with van der Waals surface area (Å²) in [6, 6.07) is 12.3. The highest BCUT2D eigenvalue weighted by Gasteiger charge is 2.29. The predicted molar refractivity (Wildman–Crippen MR) is 83.6 cm³/mol. The second kappa shape index (κ2) is 5.00. The molecule has 5 heteroatoms. The molecule has 1 fully saturated rings. The van der Waals surface area contributed by atoms with Gasteiger partial charge in [0.25, 0.3) is 5.91 Å². The number of carbonyl (C=O) groups excluding carboxylic acids is 1. The molecule has 0 spiro atoms. The molecule has 4 nitrogen and oxygen atoms in total. The SMILES string of the molecule is O=C(c1cccs1)N1CCC(n2cnc3ccccc32)C1. The first kappa shape index (κ1) is 12.6. The molecule has 2 aromatic heterocycles. The molecule has 1 unspecified atom stereocenters. The number of imidazole rings is 1. The smallest absolute Gasteiger partial charge is 0.263 e. The van der Waals surface area contributed by atoms with Gasteiger partial charge in [0.2, 0.25) is 0 Å². The number of aromatic nitrogens is 2. The van der Waals surface area contributed by atoms with Crippen molar-refractivity contribution in [2.24, 2.45) is 0 Å². The summed E-state index contributed by atoms with van der Waals surface area (Å²) in [5, 5.41) is 1.95. The summed E-state index contributed by atoms with van der Waals surface area (Å²) < 4.78 is 2.21. The van der Waals surface area contributed by atoms with E-state index in [1.165, 1.54) is 11.3 Å². The number of benzene rings is 1. The van der Waals surface area contributed by atoms with Gasteiger partial charge in [-0.3, -0.25) is 4.79 Å². The van der Waals surface area contributed by atoms with E-state index in [0.29, 0.717) is 6.04 Å². The number of para-hydroxylation sites is 2. The molecule has 1 aromatic carbocycles. The van der Waals surface area contributed by atoms with Crippen LogP contribution in [0.15, 0.2) is 48.1 Å². The Hall–Kier alpha value is -2.14. The average Bonchev–Trinajstić information content (AvgIpc) is 3.25. The number of rotatable bonds is 2. The number of thiophene rings is 1. The fraction of sp³-hybridized carbons (Fsp3) is 0.250. The summed E-state index contributed by atoms with van der Waals surface area (Å²) in [6.07, 6.45) is 2.88. The zero-order valence-corrected chi connectivity index (χ0v) is 12.3. The Morgan fingerprint density at radius 1 is 1.24 bits per heavy atom. The van der Waals surface area contributed by atoms with Gasteiger partial charge in [-0.15, -0.1) is 11.3 Å². The molecule has 4 rings (SSSR count). The number of fused-ring (bicyclic) bond motifs is 1. The minimum absolute atomic E-state index is 0.150. The summed E-state index contributed by atoms with van der Waals surface area (Å²) in [6.45, 7) is 1.57. The zero-order valence-electron chi connectivity index (χ0n) is 11.5. The molecule has 1 saturated heterocycles. The predicted octanol–water partition coefficient (Wildman–Crippen LogP) is 3.19. The van der Waals surface area contributed by atoms with Crippen molar-refractivity contribution in [1.29, 1.82) is 0 Å². The number of amides is 1. The van der Waals surface area contributed by atoms with E-state index >= 15 is 0 Å². The van der Waals surface area contributed by atoms with Crippen LogP contribution in [0.25, 0.3) is 11.0 Å². The fourth-order valence-electron chi connectivity index (χ4n) is 2.98. The summed E-state index contributed by atoms with van der Waals surface area (Å²) in [5.41, 5.74) is 2.16. The van der Waals surface area contributed by atoms with Gasteiger partial charge in [-0.2, -0.15) is 0 Å². The van der Waals surface area contributed by atoms with Crippen LogP contribution in [0.1, 0.15) is 22.1 Å². The van der Waals surface area contributed by atoms with Gasteiger partial charge in [-0.25, -0.2) is 4.98 Å². The topological polar surface area (TPSA) is 38.1 Å². The fourth-order valence-corrected chi connectivity index (χ4v) is 3.67. The van der Waals surface area contributed by atoms with E-state index in [4.69, 9.17) is 0 Å². The summed E-state index contributed by atoms with van der Waals surface area (Å²) in [7, 11) is 0. The maximum atomic E-state index is 12.4. The molecule has 0 radical (unpaired) electrons. The van der Waals surface area contributed by atoms with Crippen molar-refractivity contribution in [3.05, 3.63) is 53.0 Å². The lowest BCUT2D eigenvalue weighted by Crippen LogP contribution is -2.28. The third-order valence-electron chi connectivity index (χ3n) is 4.06. The van der Waals surface area contributed by atoms with Gasteiger partial charge >= 0.3 is 0 Å².